The molecule has 0 aliphatic heterocycles. The normalized spacial score (nSPS) is 11.8. The summed E-state index contributed by atoms with van der Waals surface area (Å²) < 4.78 is 16.4. The Morgan fingerprint density at radius 2 is 1.71 bits per heavy atom. The van der Waals surface area contributed by atoms with Crippen molar-refractivity contribution < 1.29 is 14.2 Å². The highest BCUT2D eigenvalue weighted by molar-refractivity contribution is 5.39. The molecule has 4 nitrogen and oxygen atoms in total. The van der Waals surface area contributed by atoms with Crippen LogP contribution in [0.25, 0.3) is 0 Å². The maximum Gasteiger partial charge on any atom is 0.161 e. The lowest BCUT2D eigenvalue weighted by Crippen LogP contribution is -2.23. The van der Waals surface area contributed by atoms with Gasteiger partial charge in [0.25, 0.3) is 0 Å². The summed E-state index contributed by atoms with van der Waals surface area (Å²) in [5.74, 6) is 2.31. The Kier molecular flexibility index (Phi) is 5.46. The number of benzene rings is 2. The van der Waals surface area contributed by atoms with Gasteiger partial charge >= 0.3 is 0 Å². The minimum absolute atomic E-state index is 0.0741. The zero-order valence-electron chi connectivity index (χ0n) is 12.6. The van der Waals surface area contributed by atoms with E-state index in [0.717, 1.165) is 22.8 Å². The van der Waals surface area contributed by atoms with E-state index in [-0.39, 0.29) is 6.04 Å². The highest BCUT2D eigenvalue weighted by atomic mass is 16.5. The molecule has 0 aliphatic carbocycles. The van der Waals surface area contributed by atoms with Crippen LogP contribution in [0.1, 0.15) is 11.6 Å². The Morgan fingerprint density at radius 3 is 2.38 bits per heavy atom. The average Bonchev–Trinajstić information content (AvgIpc) is 2.56. The van der Waals surface area contributed by atoms with Crippen molar-refractivity contribution in [1.29, 1.82) is 0 Å². The lowest BCUT2D eigenvalue weighted by atomic mass is 10.1. The molecule has 1 unspecified atom stereocenters. The fourth-order valence-electron chi connectivity index (χ4n) is 2.12. The molecule has 0 amide bonds. The van der Waals surface area contributed by atoms with Gasteiger partial charge in [-0.25, -0.2) is 0 Å². The first-order chi connectivity index (χ1) is 10.3. The van der Waals surface area contributed by atoms with Gasteiger partial charge in [0.1, 0.15) is 12.4 Å². The Balaban J connectivity index is 2.08. The van der Waals surface area contributed by atoms with Crippen molar-refractivity contribution in [1.82, 2.24) is 5.32 Å². The summed E-state index contributed by atoms with van der Waals surface area (Å²) in [4.78, 5) is 0. The molecule has 2 rings (SSSR count). The molecule has 21 heavy (non-hydrogen) atoms. The number of nitrogens with one attached hydrogen (secondary N) is 1. The van der Waals surface area contributed by atoms with Crippen molar-refractivity contribution in [2.75, 3.05) is 27.9 Å². The molecule has 0 radical (unpaired) electrons. The van der Waals surface area contributed by atoms with E-state index in [1.54, 1.807) is 14.2 Å². The topological polar surface area (TPSA) is 39.7 Å². The van der Waals surface area contributed by atoms with E-state index >= 15 is 0 Å². The second-order valence-electron chi connectivity index (χ2n) is 4.58. The van der Waals surface area contributed by atoms with E-state index in [4.69, 9.17) is 14.2 Å². The molecule has 0 spiro atoms. The first-order valence-corrected chi connectivity index (χ1v) is 6.85. The highest BCUT2D eigenvalue weighted by Crippen LogP contribution is 2.27. The van der Waals surface area contributed by atoms with Crippen molar-refractivity contribution in [3.63, 3.8) is 0 Å². The third-order valence-electron chi connectivity index (χ3n) is 3.32. The van der Waals surface area contributed by atoms with Crippen LogP contribution in [0.2, 0.25) is 0 Å². The molecule has 0 bridgehead atoms. The molecule has 4 heteroatoms. The molecule has 112 valence electrons. The fraction of sp³-hybridized carbons (Fsp3) is 0.294. The zero-order valence-corrected chi connectivity index (χ0v) is 12.6. The van der Waals surface area contributed by atoms with Crippen molar-refractivity contribution in [3.05, 3.63) is 54.1 Å². The largest absolute Gasteiger partial charge is 0.497 e. The summed E-state index contributed by atoms with van der Waals surface area (Å²) in [6.45, 7) is 0.504. The molecule has 0 saturated carbocycles. The summed E-state index contributed by atoms with van der Waals surface area (Å²) in [5.41, 5.74) is 1.12. The minimum Gasteiger partial charge on any atom is -0.497 e. The van der Waals surface area contributed by atoms with Crippen LogP contribution in [-0.4, -0.2) is 27.9 Å². The number of rotatable bonds is 7. The number of methoxy groups -OCH3 is 2. The highest BCUT2D eigenvalue weighted by Gasteiger charge is 2.12. The van der Waals surface area contributed by atoms with E-state index in [1.807, 2.05) is 49.5 Å². The van der Waals surface area contributed by atoms with Crippen molar-refractivity contribution in [2.24, 2.45) is 0 Å². The van der Waals surface area contributed by atoms with Crippen LogP contribution in [0.3, 0.4) is 0 Å². The van der Waals surface area contributed by atoms with Gasteiger partial charge in [0.15, 0.2) is 11.5 Å². The molecular formula is C17H21NO3. The quantitative estimate of drug-likeness (QED) is 0.849. The van der Waals surface area contributed by atoms with E-state index in [2.05, 4.69) is 11.4 Å². The van der Waals surface area contributed by atoms with E-state index < -0.39 is 0 Å². The number of ether oxygens (including phenoxy) is 3. The SMILES string of the molecule is CNC(COc1ccccc1OC)c1cccc(OC)c1. The molecular weight excluding hydrogens is 266 g/mol. The molecule has 2 aromatic carbocycles. The van der Waals surface area contributed by atoms with Gasteiger partial charge in [-0.1, -0.05) is 24.3 Å². The predicted molar refractivity (Wildman–Crippen MR) is 83.3 cm³/mol. The van der Waals surface area contributed by atoms with Crippen LogP contribution in [0.4, 0.5) is 0 Å². The number of para-hydroxylation sites is 2. The Hall–Kier alpha value is -2.20. The van der Waals surface area contributed by atoms with Crippen LogP contribution >= 0.6 is 0 Å². The maximum atomic E-state index is 5.88. The van der Waals surface area contributed by atoms with Gasteiger partial charge in [-0.05, 0) is 36.9 Å². The first kappa shape index (κ1) is 15.2. The number of hydrogen-bond acceptors (Lipinski definition) is 4. The van der Waals surface area contributed by atoms with Crippen LogP contribution in [0.5, 0.6) is 17.2 Å². The zero-order chi connectivity index (χ0) is 15.1. The molecule has 0 fully saturated rings. The third kappa shape index (κ3) is 3.89. The number of likely N-dealkylation sites (N-methyl/N-ethyl adjacent to an activating group) is 1. The number of hydrogen-bond donors (Lipinski definition) is 1. The average molecular weight is 287 g/mol. The van der Waals surface area contributed by atoms with Crippen molar-refractivity contribution in [2.45, 2.75) is 6.04 Å². The smallest absolute Gasteiger partial charge is 0.161 e. The van der Waals surface area contributed by atoms with Gasteiger partial charge in [0.2, 0.25) is 0 Å². The molecule has 2 aromatic rings. The second kappa shape index (κ2) is 7.55. The lowest BCUT2D eigenvalue weighted by Gasteiger charge is -2.19. The van der Waals surface area contributed by atoms with Gasteiger partial charge in [-0.2, -0.15) is 0 Å². The molecule has 0 saturated heterocycles. The molecule has 0 aliphatic rings. The lowest BCUT2D eigenvalue weighted by molar-refractivity contribution is 0.258. The molecule has 0 heterocycles. The first-order valence-electron chi connectivity index (χ1n) is 6.85. The standard InChI is InChI=1S/C17H21NO3/c1-18-15(13-7-6-8-14(11-13)19-2)12-21-17-10-5-4-9-16(17)20-3/h4-11,15,18H,12H2,1-3H3. The van der Waals surface area contributed by atoms with Crippen LogP contribution in [-0.2, 0) is 0 Å². The van der Waals surface area contributed by atoms with Crippen LogP contribution < -0.4 is 19.5 Å². The Morgan fingerprint density at radius 1 is 0.952 bits per heavy atom. The van der Waals surface area contributed by atoms with Gasteiger partial charge in [-0.15, -0.1) is 0 Å². The fourth-order valence-corrected chi connectivity index (χ4v) is 2.12. The summed E-state index contributed by atoms with van der Waals surface area (Å²) in [6, 6.07) is 15.7. The maximum absolute atomic E-state index is 5.88. The molecule has 0 aromatic heterocycles. The summed E-state index contributed by atoms with van der Waals surface area (Å²) in [6.07, 6.45) is 0. The Labute approximate surface area is 125 Å². The predicted octanol–water partition coefficient (Wildman–Crippen LogP) is 3.04. The second-order valence-corrected chi connectivity index (χ2v) is 4.58. The van der Waals surface area contributed by atoms with Gasteiger partial charge in [-0.3, -0.25) is 0 Å². The minimum atomic E-state index is 0.0741. The Bertz CT molecular complexity index is 571. The summed E-state index contributed by atoms with van der Waals surface area (Å²) >= 11 is 0. The summed E-state index contributed by atoms with van der Waals surface area (Å²) in [7, 11) is 5.22. The van der Waals surface area contributed by atoms with Gasteiger partial charge < -0.3 is 19.5 Å². The van der Waals surface area contributed by atoms with Crippen molar-refractivity contribution in [3.8, 4) is 17.2 Å². The molecule has 1 N–H and O–H groups in total. The van der Waals surface area contributed by atoms with E-state index in [0.29, 0.717) is 6.61 Å². The monoisotopic (exact) mass is 287 g/mol. The van der Waals surface area contributed by atoms with Gasteiger partial charge in [0, 0.05) is 0 Å². The van der Waals surface area contributed by atoms with Crippen LogP contribution in [0.15, 0.2) is 48.5 Å². The molecule has 1 atom stereocenters. The van der Waals surface area contributed by atoms with Crippen molar-refractivity contribution >= 4 is 0 Å². The van der Waals surface area contributed by atoms with E-state index in [9.17, 15) is 0 Å². The third-order valence-corrected chi connectivity index (χ3v) is 3.32. The van der Waals surface area contributed by atoms with Gasteiger partial charge in [0.05, 0.1) is 20.3 Å². The van der Waals surface area contributed by atoms with Crippen LogP contribution in [0, 0.1) is 0 Å². The summed E-state index contributed by atoms with van der Waals surface area (Å²) in [5, 5.41) is 3.26. The van der Waals surface area contributed by atoms with E-state index in [1.165, 1.54) is 0 Å².